The number of nitrogens with zero attached hydrogens (tertiary/aromatic N) is 4. The molecule has 0 saturated carbocycles. The molecule has 0 N–H and O–H groups in total. The Morgan fingerprint density at radius 1 is 1.27 bits per heavy atom. The predicted octanol–water partition coefficient (Wildman–Crippen LogP) is 2.77. The van der Waals surface area contributed by atoms with Crippen molar-refractivity contribution < 1.29 is 4.74 Å². The van der Waals surface area contributed by atoms with Crippen molar-refractivity contribution in [2.75, 3.05) is 33.6 Å². The van der Waals surface area contributed by atoms with Crippen LogP contribution in [0.15, 0.2) is 29.2 Å². The third-order valence-corrected chi connectivity index (χ3v) is 4.23. The van der Waals surface area contributed by atoms with Crippen LogP contribution in [0.25, 0.3) is 11.4 Å². The number of rotatable bonds is 8. The Balaban J connectivity index is 2.16. The Morgan fingerprint density at radius 2 is 2.00 bits per heavy atom. The van der Waals surface area contributed by atoms with E-state index in [0.29, 0.717) is 0 Å². The van der Waals surface area contributed by atoms with E-state index in [1.54, 1.807) is 18.9 Å². The monoisotopic (exact) mass is 320 g/mol. The van der Waals surface area contributed by atoms with E-state index in [0.717, 1.165) is 43.5 Å². The topological polar surface area (TPSA) is 43.2 Å². The van der Waals surface area contributed by atoms with Gasteiger partial charge in [0.2, 0.25) is 0 Å². The maximum Gasteiger partial charge on any atom is 0.181 e. The van der Waals surface area contributed by atoms with Crippen LogP contribution in [0.1, 0.15) is 12.7 Å². The van der Waals surface area contributed by atoms with Gasteiger partial charge in [0.05, 0.1) is 13.2 Å². The van der Waals surface area contributed by atoms with Gasteiger partial charge in [-0.3, -0.25) is 4.90 Å². The first-order valence-electron chi connectivity index (χ1n) is 7.43. The molecular weight excluding hydrogens is 296 g/mol. The summed E-state index contributed by atoms with van der Waals surface area (Å²) in [6.07, 6.45) is 2.08. The van der Waals surface area contributed by atoms with E-state index < -0.39 is 0 Å². The van der Waals surface area contributed by atoms with Gasteiger partial charge in [0.25, 0.3) is 0 Å². The van der Waals surface area contributed by atoms with E-state index in [9.17, 15) is 0 Å². The maximum atomic E-state index is 5.12. The van der Waals surface area contributed by atoms with Crippen molar-refractivity contribution >= 4 is 11.8 Å². The normalized spacial score (nSPS) is 11.3. The first-order valence-corrected chi connectivity index (χ1v) is 8.66. The molecule has 1 aromatic carbocycles. The van der Waals surface area contributed by atoms with E-state index in [-0.39, 0.29) is 0 Å². The van der Waals surface area contributed by atoms with Crippen LogP contribution < -0.4 is 0 Å². The highest BCUT2D eigenvalue weighted by atomic mass is 32.2. The van der Waals surface area contributed by atoms with Gasteiger partial charge in [-0.05, 0) is 32.4 Å². The van der Waals surface area contributed by atoms with E-state index in [2.05, 4.69) is 54.5 Å². The van der Waals surface area contributed by atoms with Crippen LogP contribution in [0.2, 0.25) is 0 Å². The summed E-state index contributed by atoms with van der Waals surface area (Å²) in [4.78, 5) is 8.16. The number of hydrogen-bond acceptors (Lipinski definition) is 5. The third kappa shape index (κ3) is 4.32. The zero-order valence-electron chi connectivity index (χ0n) is 13.7. The first kappa shape index (κ1) is 17.0. The zero-order chi connectivity index (χ0) is 15.9. The van der Waals surface area contributed by atoms with Gasteiger partial charge in [0.15, 0.2) is 5.82 Å². The highest BCUT2D eigenvalue weighted by molar-refractivity contribution is 7.98. The molecule has 0 aliphatic heterocycles. The van der Waals surface area contributed by atoms with Crippen LogP contribution in [0.3, 0.4) is 0 Å². The number of aryl methyl sites for hydroxylation is 1. The molecule has 2 rings (SSSR count). The summed E-state index contributed by atoms with van der Waals surface area (Å²) in [5.74, 6) is 1.79. The second kappa shape index (κ2) is 8.31. The number of thioether (sulfide) groups is 1. The first-order chi connectivity index (χ1) is 10.7. The number of methoxy groups -OCH3 is 1. The summed E-state index contributed by atoms with van der Waals surface area (Å²) in [6, 6.07) is 8.38. The second-order valence-electron chi connectivity index (χ2n) is 5.13. The molecule has 6 heteroatoms. The molecule has 2 aromatic rings. The van der Waals surface area contributed by atoms with Gasteiger partial charge in [-0.1, -0.05) is 12.1 Å². The Labute approximate surface area is 136 Å². The van der Waals surface area contributed by atoms with Crippen LogP contribution in [-0.2, 0) is 17.8 Å². The van der Waals surface area contributed by atoms with Crippen molar-refractivity contribution in [2.45, 2.75) is 24.9 Å². The van der Waals surface area contributed by atoms with E-state index >= 15 is 0 Å². The molecular formula is C16H24N4OS. The molecule has 0 aliphatic rings. The quantitative estimate of drug-likeness (QED) is 0.700. The highest BCUT2D eigenvalue weighted by Crippen LogP contribution is 2.21. The summed E-state index contributed by atoms with van der Waals surface area (Å²) in [6.45, 7) is 5.29. The molecule has 0 bridgehead atoms. The van der Waals surface area contributed by atoms with Crippen LogP contribution in [0.4, 0.5) is 0 Å². The van der Waals surface area contributed by atoms with Gasteiger partial charge in [-0.2, -0.15) is 5.10 Å². The molecule has 0 atom stereocenters. The van der Waals surface area contributed by atoms with Crippen molar-refractivity contribution in [1.29, 1.82) is 0 Å². The smallest absolute Gasteiger partial charge is 0.181 e. The van der Waals surface area contributed by atoms with Crippen molar-refractivity contribution in [3.8, 4) is 11.4 Å². The molecule has 1 aromatic heterocycles. The lowest BCUT2D eigenvalue weighted by Crippen LogP contribution is -2.24. The van der Waals surface area contributed by atoms with Gasteiger partial charge in [-0.25, -0.2) is 9.67 Å². The fourth-order valence-corrected chi connectivity index (χ4v) is 2.58. The molecule has 0 spiro atoms. The predicted molar refractivity (Wildman–Crippen MR) is 91.1 cm³/mol. The van der Waals surface area contributed by atoms with Crippen molar-refractivity contribution in [3.05, 3.63) is 30.1 Å². The van der Waals surface area contributed by atoms with Crippen LogP contribution >= 0.6 is 11.8 Å². The standard InChI is InChI=1S/C16H24N4OS/c1-5-20-15(12-19(2)10-11-21-3)17-16(18-20)13-6-8-14(22-4)9-7-13/h6-9H,5,10-12H2,1-4H3. The second-order valence-corrected chi connectivity index (χ2v) is 6.01. The minimum absolute atomic E-state index is 0.722. The Hall–Kier alpha value is -1.37. The lowest BCUT2D eigenvalue weighted by Gasteiger charge is -2.15. The van der Waals surface area contributed by atoms with E-state index in [1.807, 2.05) is 4.68 Å². The van der Waals surface area contributed by atoms with Crippen molar-refractivity contribution in [2.24, 2.45) is 0 Å². The fourth-order valence-electron chi connectivity index (χ4n) is 2.17. The number of benzene rings is 1. The minimum atomic E-state index is 0.722. The third-order valence-electron chi connectivity index (χ3n) is 3.48. The molecule has 0 fully saturated rings. The Morgan fingerprint density at radius 3 is 2.59 bits per heavy atom. The molecule has 120 valence electrons. The molecule has 0 saturated heterocycles. The minimum Gasteiger partial charge on any atom is -0.383 e. The molecule has 1 heterocycles. The van der Waals surface area contributed by atoms with Gasteiger partial charge < -0.3 is 4.74 Å². The number of likely N-dealkylation sites (N-methyl/N-ethyl adjacent to an activating group) is 1. The van der Waals surface area contributed by atoms with Crippen LogP contribution in [-0.4, -0.2) is 53.2 Å². The molecule has 0 amide bonds. The summed E-state index contributed by atoms with van der Waals surface area (Å²) >= 11 is 1.74. The Kier molecular flexibility index (Phi) is 6.42. The largest absolute Gasteiger partial charge is 0.383 e. The summed E-state index contributed by atoms with van der Waals surface area (Å²) in [5, 5.41) is 4.63. The zero-order valence-corrected chi connectivity index (χ0v) is 14.6. The van der Waals surface area contributed by atoms with Gasteiger partial charge in [0, 0.05) is 30.7 Å². The fraction of sp³-hybridized carbons (Fsp3) is 0.500. The summed E-state index contributed by atoms with van der Waals surface area (Å²) in [5.41, 5.74) is 1.06. The molecule has 22 heavy (non-hydrogen) atoms. The molecule has 5 nitrogen and oxygen atoms in total. The average molecular weight is 320 g/mol. The lowest BCUT2D eigenvalue weighted by molar-refractivity contribution is 0.156. The number of hydrogen-bond donors (Lipinski definition) is 0. The summed E-state index contributed by atoms with van der Waals surface area (Å²) in [7, 11) is 3.79. The van der Waals surface area contributed by atoms with Gasteiger partial charge >= 0.3 is 0 Å². The lowest BCUT2D eigenvalue weighted by atomic mass is 10.2. The maximum absolute atomic E-state index is 5.12. The highest BCUT2D eigenvalue weighted by Gasteiger charge is 2.12. The Bertz CT molecular complexity index is 582. The molecule has 0 radical (unpaired) electrons. The van der Waals surface area contributed by atoms with Gasteiger partial charge in [0.1, 0.15) is 5.82 Å². The van der Waals surface area contributed by atoms with Crippen molar-refractivity contribution in [3.63, 3.8) is 0 Å². The molecule has 0 unspecified atom stereocenters. The summed E-state index contributed by atoms with van der Waals surface area (Å²) < 4.78 is 7.09. The van der Waals surface area contributed by atoms with Crippen molar-refractivity contribution in [1.82, 2.24) is 19.7 Å². The number of ether oxygens (including phenoxy) is 1. The molecule has 0 aliphatic carbocycles. The van der Waals surface area contributed by atoms with Crippen LogP contribution in [0.5, 0.6) is 0 Å². The SMILES string of the molecule is CCn1nc(-c2ccc(SC)cc2)nc1CN(C)CCOC. The van der Waals surface area contributed by atoms with E-state index in [1.165, 1.54) is 4.90 Å². The van der Waals surface area contributed by atoms with E-state index in [4.69, 9.17) is 9.72 Å². The number of aromatic nitrogens is 3. The average Bonchev–Trinajstić information content (AvgIpc) is 2.95. The van der Waals surface area contributed by atoms with Crippen LogP contribution in [0, 0.1) is 0 Å². The van der Waals surface area contributed by atoms with Gasteiger partial charge in [-0.15, -0.1) is 11.8 Å².